The van der Waals surface area contributed by atoms with Crippen LogP contribution >= 0.6 is 0 Å². The summed E-state index contributed by atoms with van der Waals surface area (Å²) >= 11 is 0. The van der Waals surface area contributed by atoms with Crippen LogP contribution in [-0.2, 0) is 47.6 Å². The van der Waals surface area contributed by atoms with Gasteiger partial charge >= 0.3 is 30.0 Å². The van der Waals surface area contributed by atoms with E-state index in [1.54, 1.807) is 83.1 Å². The van der Waals surface area contributed by atoms with E-state index < -0.39 is 118 Å². The summed E-state index contributed by atoms with van der Waals surface area (Å²) in [5.74, 6) is -6.30. The highest BCUT2D eigenvalue weighted by Crippen LogP contribution is 2.64. The van der Waals surface area contributed by atoms with Gasteiger partial charge in [-0.2, -0.15) is 0 Å². The molecule has 16 heteroatoms. The summed E-state index contributed by atoms with van der Waals surface area (Å²) in [7, 11) is 0. The van der Waals surface area contributed by atoms with Crippen molar-refractivity contribution in [1.82, 2.24) is 5.32 Å². The van der Waals surface area contributed by atoms with Crippen molar-refractivity contribution >= 4 is 35.8 Å². The lowest BCUT2D eigenvalue weighted by molar-refractivity contribution is -0.346. The second-order valence-corrected chi connectivity index (χ2v) is 18.2. The number of Topliss-reactive ketones (excluding diaryl/α,β-unsaturated/α-hetero) is 1. The summed E-state index contributed by atoms with van der Waals surface area (Å²) < 4.78 is 35.6. The summed E-state index contributed by atoms with van der Waals surface area (Å²) in [6.45, 7) is 12.9. The van der Waals surface area contributed by atoms with E-state index in [0.717, 1.165) is 13.8 Å². The van der Waals surface area contributed by atoms with Crippen molar-refractivity contribution in [2.75, 3.05) is 6.61 Å². The SMILES string of the molecule is CC(=O)O[C@H]1C(=O)[C@@]2(C)[C@H]([C@H](OC(=O)c3ccccc3)[C@]3(O)C[C@H](OC(=O)[C@H](O)C(NC(=O)OC(C)(C)C)c4ccccc4)C(C)=C1C3(C)C)[C@]1(OC(C)=O)CO[C@@H]1C[C@@H]2O. The monoisotopic (exact) mass is 849 g/mol. The third kappa shape index (κ3) is 7.94. The highest BCUT2D eigenvalue weighted by molar-refractivity contribution is 5.95. The number of aliphatic hydroxyl groups excluding tert-OH is 2. The first-order valence-electron chi connectivity index (χ1n) is 20.2. The van der Waals surface area contributed by atoms with Gasteiger partial charge in [-0.05, 0) is 63.5 Å². The van der Waals surface area contributed by atoms with Crippen LogP contribution < -0.4 is 5.32 Å². The number of alkyl carbamates (subject to hydrolysis) is 1. The first-order chi connectivity index (χ1) is 28.4. The quantitative estimate of drug-likeness (QED) is 0.160. The number of carbonyl (C=O) groups excluding carboxylic acids is 6. The normalized spacial score (nSPS) is 32.5. The van der Waals surface area contributed by atoms with Gasteiger partial charge in [0.05, 0.1) is 35.6 Å². The van der Waals surface area contributed by atoms with Crippen molar-refractivity contribution in [2.24, 2.45) is 16.7 Å². The van der Waals surface area contributed by atoms with E-state index >= 15 is 4.79 Å². The zero-order valence-corrected chi connectivity index (χ0v) is 35.8. The van der Waals surface area contributed by atoms with Crippen LogP contribution in [0.3, 0.4) is 0 Å². The Morgan fingerprint density at radius 2 is 1.51 bits per heavy atom. The van der Waals surface area contributed by atoms with Crippen LogP contribution in [0.5, 0.6) is 0 Å². The molecule has 16 nitrogen and oxygen atoms in total. The second kappa shape index (κ2) is 16.3. The van der Waals surface area contributed by atoms with Crippen LogP contribution in [0, 0.1) is 16.7 Å². The third-order valence-electron chi connectivity index (χ3n) is 12.8. The van der Waals surface area contributed by atoms with E-state index in [0.29, 0.717) is 5.56 Å². The number of fused-ring (bicyclic) bond motifs is 5. The van der Waals surface area contributed by atoms with Crippen LogP contribution in [0.1, 0.15) is 97.1 Å². The average molecular weight is 850 g/mol. The number of carbonyl (C=O) groups is 6. The standard InChI is InChI=1S/C45H55NO15/c1-23-28(58-39(53)33(50)32(26-16-12-10-13-17-26)46-40(54)61-41(4,5)6)21-45(55)37(59-38(52)27-18-14-11-15-19-27)35-43(9,29(49)20-30-44(35,22-56-30)60-25(3)48)36(51)34(57-24(2)47)31(23)42(45,7)8/h10-19,28-30,32-35,37,49-50,55H,20-22H2,1-9H3,(H,46,54)/t28-,29-,30+,32?,33+,34+,35-,37-,43+,44-,45+/m0/s1. The number of ketones is 1. The number of hydrogen-bond acceptors (Lipinski definition) is 15. The molecule has 4 N–H and O–H groups in total. The molecular formula is C45H55NO15. The van der Waals surface area contributed by atoms with Crippen molar-refractivity contribution in [3.8, 4) is 0 Å². The van der Waals surface area contributed by atoms with Crippen molar-refractivity contribution in [3.63, 3.8) is 0 Å². The number of rotatable bonds is 9. The molecule has 1 saturated heterocycles. The maximum absolute atomic E-state index is 15.5. The van der Waals surface area contributed by atoms with Gasteiger partial charge in [0.2, 0.25) is 0 Å². The lowest BCUT2D eigenvalue weighted by atomic mass is 9.44. The molecule has 0 spiro atoms. The number of aliphatic hydroxyl groups is 3. The number of benzene rings is 2. The van der Waals surface area contributed by atoms with E-state index in [4.69, 9.17) is 28.4 Å². The minimum atomic E-state index is -2.40. The van der Waals surface area contributed by atoms with Gasteiger partial charge in [0.25, 0.3) is 0 Å². The Morgan fingerprint density at radius 3 is 2.05 bits per heavy atom. The first-order valence-corrected chi connectivity index (χ1v) is 20.2. The van der Waals surface area contributed by atoms with E-state index in [1.165, 1.54) is 26.0 Å². The van der Waals surface area contributed by atoms with Gasteiger partial charge in [0, 0.05) is 32.1 Å². The molecule has 4 aliphatic rings. The first kappa shape index (κ1) is 45.4. The van der Waals surface area contributed by atoms with E-state index in [2.05, 4.69) is 5.32 Å². The number of nitrogens with one attached hydrogen (secondary N) is 1. The molecule has 3 fully saturated rings. The summed E-state index contributed by atoms with van der Waals surface area (Å²) in [5, 5.41) is 39.9. The molecule has 1 amide bonds. The molecule has 11 atom stereocenters. The molecule has 61 heavy (non-hydrogen) atoms. The van der Waals surface area contributed by atoms with Gasteiger partial charge in [0.1, 0.15) is 29.5 Å². The minimum absolute atomic E-state index is 0.0126. The Labute approximate surface area is 353 Å². The largest absolute Gasteiger partial charge is 0.456 e. The Hall–Kier alpha value is -5.16. The van der Waals surface area contributed by atoms with Crippen molar-refractivity contribution in [1.29, 1.82) is 0 Å². The van der Waals surface area contributed by atoms with Crippen LogP contribution in [0.15, 0.2) is 71.8 Å². The Kier molecular flexibility index (Phi) is 12.1. The lowest BCUT2D eigenvalue weighted by Crippen LogP contribution is -2.82. The lowest BCUT2D eigenvalue weighted by Gasteiger charge is -2.67. The van der Waals surface area contributed by atoms with E-state index in [1.807, 2.05) is 0 Å². The average Bonchev–Trinajstić information content (AvgIpc) is 3.17. The molecule has 1 heterocycles. The topological polar surface area (TPSA) is 231 Å². The fourth-order valence-electron chi connectivity index (χ4n) is 9.80. The minimum Gasteiger partial charge on any atom is -0.456 e. The maximum atomic E-state index is 15.5. The fraction of sp³-hybridized carbons (Fsp3) is 0.556. The molecule has 3 aliphatic carbocycles. The van der Waals surface area contributed by atoms with Crippen LogP contribution in [-0.4, -0.2) is 111 Å². The summed E-state index contributed by atoms with van der Waals surface area (Å²) in [4.78, 5) is 82.9. The molecule has 2 aromatic rings. The van der Waals surface area contributed by atoms with Gasteiger partial charge < -0.3 is 49.1 Å². The van der Waals surface area contributed by atoms with Crippen LogP contribution in [0.4, 0.5) is 4.79 Å². The molecule has 2 saturated carbocycles. The molecular weight excluding hydrogens is 794 g/mol. The predicted octanol–water partition coefficient (Wildman–Crippen LogP) is 3.83. The van der Waals surface area contributed by atoms with Gasteiger partial charge in [0.15, 0.2) is 23.6 Å². The molecule has 0 aromatic heterocycles. The van der Waals surface area contributed by atoms with E-state index in [9.17, 15) is 39.3 Å². The molecule has 2 aromatic carbocycles. The van der Waals surface area contributed by atoms with Gasteiger partial charge in [-0.3, -0.25) is 14.4 Å². The molecule has 0 radical (unpaired) electrons. The van der Waals surface area contributed by atoms with E-state index in [-0.39, 0.29) is 29.7 Å². The Balaban J connectivity index is 1.54. The predicted molar refractivity (Wildman–Crippen MR) is 213 cm³/mol. The number of amides is 1. The third-order valence-corrected chi connectivity index (χ3v) is 12.8. The van der Waals surface area contributed by atoms with Crippen molar-refractivity contribution in [2.45, 2.75) is 135 Å². The van der Waals surface area contributed by atoms with Crippen molar-refractivity contribution in [3.05, 3.63) is 82.9 Å². The summed E-state index contributed by atoms with van der Waals surface area (Å²) in [5.41, 5.74) is -8.30. The van der Waals surface area contributed by atoms with Crippen LogP contribution in [0.2, 0.25) is 0 Å². The molecule has 2 bridgehead atoms. The fourth-order valence-corrected chi connectivity index (χ4v) is 9.80. The zero-order chi connectivity index (χ0) is 45.0. The maximum Gasteiger partial charge on any atom is 0.408 e. The molecule has 6 rings (SSSR count). The second-order valence-electron chi connectivity index (χ2n) is 18.2. The van der Waals surface area contributed by atoms with Crippen molar-refractivity contribution < 1.29 is 72.5 Å². The van der Waals surface area contributed by atoms with Crippen LogP contribution in [0.25, 0.3) is 0 Å². The van der Waals surface area contributed by atoms with Gasteiger partial charge in [-0.15, -0.1) is 0 Å². The highest BCUT2D eigenvalue weighted by Gasteiger charge is 2.78. The Morgan fingerprint density at radius 1 is 0.902 bits per heavy atom. The number of ether oxygens (including phenoxy) is 6. The summed E-state index contributed by atoms with van der Waals surface area (Å²) in [6, 6.07) is 14.5. The van der Waals surface area contributed by atoms with Gasteiger partial charge in [-0.25, -0.2) is 14.4 Å². The molecule has 1 unspecified atom stereocenters. The summed E-state index contributed by atoms with van der Waals surface area (Å²) in [6.07, 6.45) is -11.5. The van der Waals surface area contributed by atoms with Gasteiger partial charge in [-0.1, -0.05) is 62.4 Å². The zero-order valence-electron chi connectivity index (χ0n) is 35.8. The Bertz CT molecular complexity index is 2100. The molecule has 330 valence electrons. The number of esters is 4. The highest BCUT2D eigenvalue weighted by atomic mass is 16.6. The number of hydrogen-bond donors (Lipinski definition) is 4. The molecule has 1 aliphatic heterocycles. The smallest absolute Gasteiger partial charge is 0.408 e.